The van der Waals surface area contributed by atoms with Gasteiger partial charge in [-0.1, -0.05) is 26.0 Å². The number of aromatic nitrogens is 2. The van der Waals surface area contributed by atoms with Crippen molar-refractivity contribution in [3.8, 4) is 5.75 Å². The van der Waals surface area contributed by atoms with E-state index in [0.717, 1.165) is 22.2 Å². The number of hydrogen-bond donors (Lipinski definition) is 1. The quantitative estimate of drug-likeness (QED) is 0.650. The maximum Gasteiger partial charge on any atom is 0.274 e. The summed E-state index contributed by atoms with van der Waals surface area (Å²) in [5.74, 6) is 0.473. The molecule has 130 valence electrons. The molecule has 3 rings (SSSR count). The first-order valence-corrected chi connectivity index (χ1v) is 9.13. The summed E-state index contributed by atoms with van der Waals surface area (Å²) in [5.41, 5.74) is 2.72. The van der Waals surface area contributed by atoms with Crippen molar-refractivity contribution in [1.82, 2.24) is 9.38 Å². The summed E-state index contributed by atoms with van der Waals surface area (Å²) in [6, 6.07) is 11.3. The zero-order valence-corrected chi connectivity index (χ0v) is 15.8. The van der Waals surface area contributed by atoms with Crippen molar-refractivity contribution < 1.29 is 9.53 Å². The van der Waals surface area contributed by atoms with Gasteiger partial charge in [0, 0.05) is 10.7 Å². The van der Waals surface area contributed by atoms with E-state index in [4.69, 9.17) is 4.74 Å². The smallest absolute Gasteiger partial charge is 0.274 e. The van der Waals surface area contributed by atoms with Gasteiger partial charge in [-0.3, -0.25) is 9.20 Å². The Morgan fingerprint density at radius 1 is 1.24 bits per heavy atom. The monoisotopic (exact) mass is 401 g/mol. The second-order valence-corrected chi connectivity index (χ2v) is 6.55. The fourth-order valence-electron chi connectivity index (χ4n) is 2.64. The Bertz CT molecular complexity index is 905. The maximum absolute atomic E-state index is 13.0. The van der Waals surface area contributed by atoms with Crippen LogP contribution in [0.25, 0.3) is 5.65 Å². The number of pyridine rings is 1. The first kappa shape index (κ1) is 17.5. The highest BCUT2D eigenvalue weighted by Gasteiger charge is 2.19. The van der Waals surface area contributed by atoms with Crippen LogP contribution in [-0.4, -0.2) is 21.9 Å². The number of para-hydroxylation sites is 2. The Hall–Kier alpha value is -2.34. The predicted octanol–water partition coefficient (Wildman–Crippen LogP) is 4.70. The van der Waals surface area contributed by atoms with Crippen LogP contribution in [0.5, 0.6) is 5.75 Å². The number of benzene rings is 1. The number of ether oxygens (including phenoxy) is 1. The molecular formula is C19H20BrN3O2. The molecule has 5 nitrogen and oxygen atoms in total. The van der Waals surface area contributed by atoms with E-state index in [9.17, 15) is 4.79 Å². The van der Waals surface area contributed by atoms with Gasteiger partial charge in [0.15, 0.2) is 0 Å². The van der Waals surface area contributed by atoms with Crippen LogP contribution in [0.3, 0.4) is 0 Å². The molecule has 0 unspecified atom stereocenters. The molecule has 0 spiro atoms. The average Bonchev–Trinajstić information content (AvgIpc) is 2.98. The Balaban J connectivity index is 1.97. The van der Waals surface area contributed by atoms with Gasteiger partial charge < -0.3 is 10.1 Å². The van der Waals surface area contributed by atoms with Crippen molar-refractivity contribution >= 4 is 33.2 Å². The molecule has 0 aliphatic rings. The predicted molar refractivity (Wildman–Crippen MR) is 102 cm³/mol. The largest absolute Gasteiger partial charge is 0.491 e. The summed E-state index contributed by atoms with van der Waals surface area (Å²) >= 11 is 3.45. The van der Waals surface area contributed by atoms with E-state index in [0.29, 0.717) is 30.2 Å². The van der Waals surface area contributed by atoms with Crippen molar-refractivity contribution in [2.75, 3.05) is 11.9 Å². The summed E-state index contributed by atoms with van der Waals surface area (Å²) in [6.45, 7) is 4.65. The fourth-order valence-corrected chi connectivity index (χ4v) is 2.98. The third-order valence-corrected chi connectivity index (χ3v) is 4.27. The molecule has 0 fully saturated rings. The van der Waals surface area contributed by atoms with E-state index < -0.39 is 0 Å². The van der Waals surface area contributed by atoms with Gasteiger partial charge in [0.2, 0.25) is 0 Å². The number of aryl methyl sites for hydroxylation is 1. The molecule has 1 N–H and O–H groups in total. The van der Waals surface area contributed by atoms with Gasteiger partial charge in [-0.25, -0.2) is 4.98 Å². The lowest BCUT2D eigenvalue weighted by atomic mass is 10.2. The highest BCUT2D eigenvalue weighted by molar-refractivity contribution is 9.10. The number of rotatable bonds is 6. The Morgan fingerprint density at radius 3 is 2.80 bits per heavy atom. The molecule has 6 heteroatoms. The highest BCUT2D eigenvalue weighted by atomic mass is 79.9. The van der Waals surface area contributed by atoms with Gasteiger partial charge in [0.25, 0.3) is 5.91 Å². The number of halogens is 1. The summed E-state index contributed by atoms with van der Waals surface area (Å²) in [5, 5.41) is 2.97. The van der Waals surface area contributed by atoms with Crippen LogP contribution in [0.4, 0.5) is 5.69 Å². The average molecular weight is 402 g/mol. The molecule has 0 atom stereocenters. The minimum absolute atomic E-state index is 0.199. The molecule has 0 saturated heterocycles. The SMILES string of the molecule is CCCOc1ccccc1NC(=O)c1c(CC)nc2ccc(Br)cn12. The number of nitrogens with one attached hydrogen (secondary N) is 1. The van der Waals surface area contributed by atoms with Gasteiger partial charge in [-0.05, 0) is 53.0 Å². The van der Waals surface area contributed by atoms with Crippen molar-refractivity contribution in [3.63, 3.8) is 0 Å². The molecule has 2 heterocycles. The summed E-state index contributed by atoms with van der Waals surface area (Å²) in [4.78, 5) is 17.5. The van der Waals surface area contributed by atoms with Crippen LogP contribution in [0.2, 0.25) is 0 Å². The summed E-state index contributed by atoms with van der Waals surface area (Å²) in [7, 11) is 0. The van der Waals surface area contributed by atoms with Crippen molar-refractivity contribution in [3.05, 3.63) is 58.5 Å². The summed E-state index contributed by atoms with van der Waals surface area (Å²) < 4.78 is 8.43. The number of carbonyl (C=O) groups is 1. The highest BCUT2D eigenvalue weighted by Crippen LogP contribution is 2.25. The molecule has 0 radical (unpaired) electrons. The second-order valence-electron chi connectivity index (χ2n) is 5.63. The van der Waals surface area contributed by atoms with Crippen LogP contribution in [0, 0.1) is 0 Å². The number of carbonyl (C=O) groups excluding carboxylic acids is 1. The Kier molecular flexibility index (Phi) is 5.38. The lowest BCUT2D eigenvalue weighted by Gasteiger charge is -2.12. The van der Waals surface area contributed by atoms with Crippen molar-refractivity contribution in [1.29, 1.82) is 0 Å². The van der Waals surface area contributed by atoms with Gasteiger partial charge in [0.1, 0.15) is 17.1 Å². The molecule has 25 heavy (non-hydrogen) atoms. The number of fused-ring (bicyclic) bond motifs is 1. The van der Waals surface area contributed by atoms with E-state index in [1.54, 1.807) is 0 Å². The third-order valence-electron chi connectivity index (χ3n) is 3.80. The molecule has 0 aliphatic carbocycles. The number of imidazole rings is 1. The van der Waals surface area contributed by atoms with E-state index in [1.165, 1.54) is 0 Å². The van der Waals surface area contributed by atoms with Gasteiger partial charge in [-0.15, -0.1) is 0 Å². The Labute approximate surface area is 155 Å². The van der Waals surface area contributed by atoms with Crippen LogP contribution < -0.4 is 10.1 Å². The van der Waals surface area contributed by atoms with Gasteiger partial charge >= 0.3 is 0 Å². The van der Waals surface area contributed by atoms with E-state index in [2.05, 4.69) is 26.2 Å². The van der Waals surface area contributed by atoms with E-state index >= 15 is 0 Å². The molecule has 0 aliphatic heterocycles. The minimum atomic E-state index is -0.199. The summed E-state index contributed by atoms with van der Waals surface area (Å²) in [6.07, 6.45) is 3.44. The molecular weight excluding hydrogens is 382 g/mol. The van der Waals surface area contributed by atoms with Gasteiger partial charge in [-0.2, -0.15) is 0 Å². The minimum Gasteiger partial charge on any atom is -0.491 e. The van der Waals surface area contributed by atoms with Crippen LogP contribution in [0.15, 0.2) is 47.1 Å². The topological polar surface area (TPSA) is 55.6 Å². The molecule has 1 aromatic carbocycles. The molecule has 3 aromatic rings. The van der Waals surface area contributed by atoms with Crippen molar-refractivity contribution in [2.24, 2.45) is 0 Å². The second kappa shape index (κ2) is 7.70. The first-order valence-electron chi connectivity index (χ1n) is 8.33. The van der Waals surface area contributed by atoms with Crippen LogP contribution >= 0.6 is 15.9 Å². The van der Waals surface area contributed by atoms with E-state index in [1.807, 2.05) is 60.8 Å². The first-order chi connectivity index (χ1) is 12.1. The fraction of sp³-hybridized carbons (Fsp3) is 0.263. The van der Waals surface area contributed by atoms with Crippen LogP contribution in [-0.2, 0) is 6.42 Å². The number of hydrogen-bond acceptors (Lipinski definition) is 3. The van der Waals surface area contributed by atoms with E-state index in [-0.39, 0.29) is 5.91 Å². The van der Waals surface area contributed by atoms with Gasteiger partial charge in [0.05, 0.1) is 18.0 Å². The molecule has 0 saturated carbocycles. The normalized spacial score (nSPS) is 10.8. The standard InChI is InChI=1S/C19H20BrN3O2/c1-3-11-25-16-8-6-5-7-15(16)22-19(24)18-14(4-2)21-17-10-9-13(20)12-23(17)18/h5-10,12H,3-4,11H2,1-2H3,(H,22,24). The van der Waals surface area contributed by atoms with Crippen LogP contribution in [0.1, 0.15) is 36.5 Å². The Morgan fingerprint density at radius 2 is 2.04 bits per heavy atom. The third kappa shape index (κ3) is 3.69. The lowest BCUT2D eigenvalue weighted by Crippen LogP contribution is -2.17. The number of nitrogens with zero attached hydrogens (tertiary/aromatic N) is 2. The zero-order chi connectivity index (χ0) is 17.8. The molecule has 1 amide bonds. The molecule has 0 bridgehead atoms. The number of anilines is 1. The number of amides is 1. The maximum atomic E-state index is 13.0. The lowest BCUT2D eigenvalue weighted by molar-refractivity contribution is 0.102. The zero-order valence-electron chi connectivity index (χ0n) is 14.3. The van der Waals surface area contributed by atoms with Crippen molar-refractivity contribution in [2.45, 2.75) is 26.7 Å². The molecule has 2 aromatic heterocycles.